The number of carbonyl (C=O) groups is 1. The van der Waals surface area contributed by atoms with Gasteiger partial charge in [-0.2, -0.15) is 4.31 Å². The van der Waals surface area contributed by atoms with Gasteiger partial charge >= 0.3 is 0 Å². The van der Waals surface area contributed by atoms with E-state index in [2.05, 4.69) is 26.2 Å². The van der Waals surface area contributed by atoms with Crippen LogP contribution >= 0.6 is 15.9 Å². The number of hydrogen-bond acceptors (Lipinski definition) is 4. The minimum Gasteiger partial charge on any atom is -0.355 e. The number of halogens is 1. The fourth-order valence-corrected chi connectivity index (χ4v) is 4.80. The molecule has 3 rings (SSSR count). The second-order valence-corrected chi connectivity index (χ2v) is 8.97. The summed E-state index contributed by atoms with van der Waals surface area (Å²) in [6.45, 7) is 0.705. The van der Waals surface area contributed by atoms with Crippen LogP contribution in [0.25, 0.3) is 0 Å². The molecule has 6 nitrogen and oxygen atoms in total. The number of nitrogens with zero attached hydrogens (tertiary/aromatic N) is 2. The number of sulfonamides is 1. The summed E-state index contributed by atoms with van der Waals surface area (Å²) in [5.41, 5.74) is 0.817. The third-order valence-corrected chi connectivity index (χ3v) is 6.71. The highest BCUT2D eigenvalue weighted by Crippen LogP contribution is 2.25. The lowest BCUT2D eigenvalue weighted by Gasteiger charge is -2.29. The van der Waals surface area contributed by atoms with Gasteiger partial charge in [-0.1, -0.05) is 28.1 Å². The smallest absolute Gasteiger partial charge is 0.245 e. The van der Waals surface area contributed by atoms with E-state index in [9.17, 15) is 13.2 Å². The number of hydrogen-bond donors (Lipinski definition) is 1. The van der Waals surface area contributed by atoms with Crippen LogP contribution in [0.1, 0.15) is 24.8 Å². The van der Waals surface area contributed by atoms with Crippen LogP contribution in [0.4, 0.5) is 0 Å². The normalized spacial score (nSPS) is 18.4. The van der Waals surface area contributed by atoms with E-state index in [-0.39, 0.29) is 17.3 Å². The summed E-state index contributed by atoms with van der Waals surface area (Å²) >= 11 is 3.38. The summed E-state index contributed by atoms with van der Waals surface area (Å²) in [6, 6.07) is 9.78. The first kappa shape index (κ1) is 19.0. The second-order valence-electron chi connectivity index (χ2n) is 6.17. The van der Waals surface area contributed by atoms with Crippen molar-refractivity contribution in [2.45, 2.75) is 36.7 Å². The summed E-state index contributed by atoms with van der Waals surface area (Å²) in [5, 5.41) is 2.83. The highest BCUT2D eigenvalue weighted by Gasteiger charge is 2.36. The van der Waals surface area contributed by atoms with E-state index in [0.717, 1.165) is 22.9 Å². The number of amides is 1. The predicted octanol–water partition coefficient (Wildman–Crippen LogP) is 2.70. The monoisotopic (exact) mass is 437 g/mol. The predicted molar refractivity (Wildman–Crippen MR) is 102 cm³/mol. The maximum atomic E-state index is 13.3. The zero-order valence-corrected chi connectivity index (χ0v) is 16.5. The van der Waals surface area contributed by atoms with Gasteiger partial charge in [0.25, 0.3) is 0 Å². The Morgan fingerprint density at radius 2 is 1.96 bits per heavy atom. The van der Waals surface area contributed by atoms with Gasteiger partial charge in [0.2, 0.25) is 15.9 Å². The molecule has 1 N–H and O–H groups in total. The van der Waals surface area contributed by atoms with Gasteiger partial charge < -0.3 is 5.32 Å². The Hall–Kier alpha value is -1.77. The molecule has 1 aliphatic heterocycles. The molecule has 138 valence electrons. The molecule has 8 heteroatoms. The number of aromatic nitrogens is 1. The molecule has 0 bridgehead atoms. The molecular formula is C18H20BrN3O3S. The minimum absolute atomic E-state index is 0.0918. The lowest BCUT2D eigenvalue weighted by molar-refractivity contribution is -0.124. The summed E-state index contributed by atoms with van der Waals surface area (Å²) in [4.78, 5) is 16.6. The molecule has 2 aromatic rings. The van der Waals surface area contributed by atoms with Crippen LogP contribution in [-0.2, 0) is 21.4 Å². The molecule has 1 fully saturated rings. The number of carbonyl (C=O) groups excluding carboxylic acids is 1. The third kappa shape index (κ3) is 4.31. The van der Waals surface area contributed by atoms with Crippen molar-refractivity contribution in [1.29, 1.82) is 0 Å². The molecule has 1 aliphatic rings. The van der Waals surface area contributed by atoms with E-state index in [0.29, 0.717) is 13.0 Å². The molecule has 0 radical (unpaired) electrons. The third-order valence-electron chi connectivity index (χ3n) is 4.35. The summed E-state index contributed by atoms with van der Waals surface area (Å²) in [7, 11) is -3.86. The van der Waals surface area contributed by atoms with Crippen molar-refractivity contribution in [1.82, 2.24) is 14.6 Å². The average Bonchev–Trinajstić information content (AvgIpc) is 2.86. The Labute approximate surface area is 161 Å². The fourth-order valence-electron chi connectivity index (χ4n) is 2.97. The lowest BCUT2D eigenvalue weighted by atomic mass is 10.1. The molecule has 0 aliphatic carbocycles. The molecule has 1 aromatic heterocycles. The van der Waals surface area contributed by atoms with Crippen LogP contribution in [0.3, 0.4) is 0 Å². The molecule has 1 saturated heterocycles. The maximum absolute atomic E-state index is 13.3. The Morgan fingerprint density at radius 3 is 2.65 bits per heavy atom. The first-order valence-electron chi connectivity index (χ1n) is 8.42. The molecule has 0 spiro atoms. The van der Waals surface area contributed by atoms with Crippen molar-refractivity contribution in [3.05, 3.63) is 58.8 Å². The second kappa shape index (κ2) is 8.28. The van der Waals surface area contributed by atoms with Crippen molar-refractivity contribution in [3.8, 4) is 0 Å². The minimum atomic E-state index is -3.86. The topological polar surface area (TPSA) is 79.4 Å². The number of pyridine rings is 1. The summed E-state index contributed by atoms with van der Waals surface area (Å²) < 4.78 is 28.7. The molecule has 26 heavy (non-hydrogen) atoms. The van der Waals surface area contributed by atoms with Gasteiger partial charge in [-0.05, 0) is 49.1 Å². The molecule has 1 atom stereocenters. The van der Waals surface area contributed by atoms with Crippen LogP contribution < -0.4 is 5.32 Å². The number of benzene rings is 1. The van der Waals surface area contributed by atoms with Gasteiger partial charge in [0.05, 0.1) is 0 Å². The zero-order valence-electron chi connectivity index (χ0n) is 14.1. The van der Waals surface area contributed by atoms with E-state index in [1.165, 1.54) is 22.8 Å². The van der Waals surface area contributed by atoms with Crippen LogP contribution in [0.15, 0.2) is 58.2 Å². The standard InChI is InChI=1S/C18H20BrN3O3S/c19-15-8-6-14(7-9-15)13-22(17-5-1-2-11-21-18(17)23)26(24,25)16-4-3-10-20-12-16/h3-4,6-10,12,17H,1-2,5,11,13H2,(H,21,23)/t17-/m1/s1. The van der Waals surface area contributed by atoms with E-state index in [1.54, 1.807) is 6.07 Å². The first-order valence-corrected chi connectivity index (χ1v) is 10.7. The molecule has 1 amide bonds. The van der Waals surface area contributed by atoms with Gasteiger partial charge in [0, 0.05) is 30.0 Å². The first-order chi connectivity index (χ1) is 12.5. The average molecular weight is 438 g/mol. The van der Waals surface area contributed by atoms with Crippen molar-refractivity contribution < 1.29 is 13.2 Å². The van der Waals surface area contributed by atoms with E-state index in [4.69, 9.17) is 0 Å². The van der Waals surface area contributed by atoms with Crippen LogP contribution in [-0.4, -0.2) is 36.2 Å². The van der Waals surface area contributed by atoms with E-state index >= 15 is 0 Å². The highest BCUT2D eigenvalue weighted by atomic mass is 79.9. The maximum Gasteiger partial charge on any atom is 0.245 e. The van der Waals surface area contributed by atoms with Crippen LogP contribution in [0.2, 0.25) is 0 Å². The van der Waals surface area contributed by atoms with Crippen molar-refractivity contribution >= 4 is 31.9 Å². The van der Waals surface area contributed by atoms with Crippen molar-refractivity contribution in [2.75, 3.05) is 6.54 Å². The Balaban J connectivity index is 2.00. The SMILES string of the molecule is O=C1NCCCC[C@H]1N(Cc1ccc(Br)cc1)S(=O)(=O)c1cccnc1. The number of rotatable bonds is 5. The van der Waals surface area contributed by atoms with Crippen molar-refractivity contribution in [3.63, 3.8) is 0 Å². The van der Waals surface area contributed by atoms with Crippen molar-refractivity contribution in [2.24, 2.45) is 0 Å². The molecule has 2 heterocycles. The van der Waals surface area contributed by atoms with Gasteiger partial charge in [-0.25, -0.2) is 8.42 Å². The Morgan fingerprint density at radius 1 is 1.19 bits per heavy atom. The summed E-state index contributed by atoms with van der Waals surface area (Å²) in [6.07, 6.45) is 4.99. The van der Waals surface area contributed by atoms with Gasteiger partial charge in [-0.15, -0.1) is 0 Å². The van der Waals surface area contributed by atoms with Gasteiger partial charge in [0.1, 0.15) is 10.9 Å². The van der Waals surface area contributed by atoms with Gasteiger partial charge in [-0.3, -0.25) is 9.78 Å². The molecular weight excluding hydrogens is 418 g/mol. The van der Waals surface area contributed by atoms with Crippen LogP contribution in [0.5, 0.6) is 0 Å². The summed E-state index contributed by atoms with van der Waals surface area (Å²) in [5.74, 6) is -0.243. The largest absolute Gasteiger partial charge is 0.355 e. The number of nitrogens with one attached hydrogen (secondary N) is 1. The molecule has 0 saturated carbocycles. The Kier molecular flexibility index (Phi) is 6.05. The lowest BCUT2D eigenvalue weighted by Crippen LogP contribution is -2.48. The quantitative estimate of drug-likeness (QED) is 0.779. The zero-order chi connectivity index (χ0) is 18.6. The van der Waals surface area contributed by atoms with Gasteiger partial charge in [0.15, 0.2) is 0 Å². The molecule has 0 unspecified atom stereocenters. The fraction of sp³-hybridized carbons (Fsp3) is 0.333. The Bertz CT molecular complexity index is 857. The van der Waals surface area contributed by atoms with Crippen LogP contribution in [0, 0.1) is 0 Å². The molecule has 1 aromatic carbocycles. The van der Waals surface area contributed by atoms with E-state index < -0.39 is 16.1 Å². The highest BCUT2D eigenvalue weighted by molar-refractivity contribution is 9.10. The van der Waals surface area contributed by atoms with E-state index in [1.807, 2.05) is 24.3 Å².